The number of benzene rings is 1. The molecule has 0 bridgehead atoms. The van der Waals surface area contributed by atoms with Crippen molar-refractivity contribution in [1.82, 2.24) is 0 Å². The summed E-state index contributed by atoms with van der Waals surface area (Å²) in [6, 6.07) is 4.45. The molecule has 1 amide bonds. The third kappa shape index (κ3) is 2.63. The van der Waals surface area contributed by atoms with Crippen LogP contribution < -0.4 is 4.90 Å². The lowest BCUT2D eigenvalue weighted by Crippen LogP contribution is -2.24. The number of carbonyl (C=O) groups excluding carboxylic acids is 1. The number of nitrogens with zero attached hydrogens (tertiary/aromatic N) is 4. The predicted molar refractivity (Wildman–Crippen MR) is 68.6 cm³/mol. The predicted octanol–water partition coefficient (Wildman–Crippen LogP) is 3.25. The van der Waals surface area contributed by atoms with Crippen LogP contribution in [0.5, 0.6) is 0 Å². The molecule has 0 aromatic heterocycles. The number of hydrogen-bond acceptors (Lipinski definition) is 2. The van der Waals surface area contributed by atoms with Crippen molar-refractivity contribution in [3.63, 3.8) is 0 Å². The summed E-state index contributed by atoms with van der Waals surface area (Å²) in [7, 11) is 0. The van der Waals surface area contributed by atoms with Crippen LogP contribution >= 0.6 is 15.9 Å². The fourth-order valence-corrected chi connectivity index (χ4v) is 2.33. The van der Waals surface area contributed by atoms with Gasteiger partial charge in [0.1, 0.15) is 5.82 Å². The van der Waals surface area contributed by atoms with Crippen LogP contribution in [0.25, 0.3) is 10.4 Å². The zero-order chi connectivity index (χ0) is 13.1. The molecule has 1 atom stereocenters. The Balaban J connectivity index is 2.16. The molecule has 1 aliphatic heterocycles. The fraction of sp³-hybridized carbons (Fsp3) is 0.364. The molecule has 0 aliphatic carbocycles. The van der Waals surface area contributed by atoms with Gasteiger partial charge in [0.2, 0.25) is 5.91 Å². The SMILES string of the molecule is [N-]=[N+]=NCC1CC(=O)N(c2ccc(F)c(Br)c2)C1. The molecule has 0 saturated carbocycles. The highest BCUT2D eigenvalue weighted by Crippen LogP contribution is 2.28. The minimum atomic E-state index is -0.365. The summed E-state index contributed by atoms with van der Waals surface area (Å²) in [6.45, 7) is 0.803. The maximum absolute atomic E-state index is 13.1. The highest BCUT2D eigenvalue weighted by Gasteiger charge is 2.30. The molecule has 5 nitrogen and oxygen atoms in total. The van der Waals surface area contributed by atoms with Crippen molar-refractivity contribution in [2.45, 2.75) is 6.42 Å². The minimum Gasteiger partial charge on any atom is -0.312 e. The normalized spacial score (nSPS) is 18.9. The van der Waals surface area contributed by atoms with Gasteiger partial charge in [0.25, 0.3) is 0 Å². The standard InChI is InChI=1S/C11H10BrFN4O/c12-9-4-8(1-2-10(9)13)17-6-7(3-11(17)18)5-15-16-14/h1-2,4,7H,3,5-6H2. The van der Waals surface area contributed by atoms with Crippen LogP contribution in [0.15, 0.2) is 27.8 Å². The second-order valence-corrected chi connectivity index (χ2v) is 4.94. The number of azide groups is 1. The second kappa shape index (κ2) is 5.37. The fourth-order valence-electron chi connectivity index (χ4n) is 1.96. The maximum atomic E-state index is 13.1. The van der Waals surface area contributed by atoms with Gasteiger partial charge >= 0.3 is 0 Å². The summed E-state index contributed by atoms with van der Waals surface area (Å²) in [4.78, 5) is 16.1. The van der Waals surface area contributed by atoms with Crippen molar-refractivity contribution in [3.8, 4) is 0 Å². The Hall–Kier alpha value is -1.59. The van der Waals surface area contributed by atoms with Gasteiger partial charge in [-0.3, -0.25) is 4.79 Å². The van der Waals surface area contributed by atoms with Crippen LogP contribution in [-0.2, 0) is 4.79 Å². The van der Waals surface area contributed by atoms with E-state index in [0.29, 0.717) is 29.7 Å². The molecule has 1 aliphatic rings. The summed E-state index contributed by atoms with van der Waals surface area (Å²) in [6.07, 6.45) is 0.355. The van der Waals surface area contributed by atoms with Crippen molar-refractivity contribution in [2.24, 2.45) is 11.0 Å². The van der Waals surface area contributed by atoms with Crippen molar-refractivity contribution >= 4 is 27.5 Å². The van der Waals surface area contributed by atoms with Crippen LogP contribution in [-0.4, -0.2) is 19.0 Å². The quantitative estimate of drug-likeness (QED) is 0.480. The maximum Gasteiger partial charge on any atom is 0.227 e. The summed E-state index contributed by atoms with van der Waals surface area (Å²) in [5.74, 6) is -0.375. The molecule has 1 saturated heterocycles. The van der Waals surface area contributed by atoms with Gasteiger partial charge < -0.3 is 4.90 Å². The lowest BCUT2D eigenvalue weighted by atomic mass is 10.1. The molecule has 1 aromatic carbocycles. The molecule has 1 fully saturated rings. The van der Waals surface area contributed by atoms with E-state index in [1.165, 1.54) is 6.07 Å². The Morgan fingerprint density at radius 1 is 1.61 bits per heavy atom. The van der Waals surface area contributed by atoms with E-state index >= 15 is 0 Å². The van der Waals surface area contributed by atoms with Gasteiger partial charge in [-0.25, -0.2) is 4.39 Å². The molecule has 0 N–H and O–H groups in total. The van der Waals surface area contributed by atoms with E-state index < -0.39 is 0 Å². The highest BCUT2D eigenvalue weighted by atomic mass is 79.9. The number of anilines is 1. The summed E-state index contributed by atoms with van der Waals surface area (Å²) in [5, 5.41) is 3.48. The monoisotopic (exact) mass is 312 g/mol. The van der Waals surface area contributed by atoms with E-state index in [4.69, 9.17) is 5.53 Å². The van der Waals surface area contributed by atoms with Gasteiger partial charge in [0.15, 0.2) is 0 Å². The van der Waals surface area contributed by atoms with Crippen LogP contribution in [0.3, 0.4) is 0 Å². The Morgan fingerprint density at radius 2 is 2.39 bits per heavy atom. The van der Waals surface area contributed by atoms with Gasteiger partial charge in [-0.05, 0) is 45.6 Å². The van der Waals surface area contributed by atoms with E-state index in [1.807, 2.05) is 0 Å². The lowest BCUT2D eigenvalue weighted by molar-refractivity contribution is -0.117. The summed E-state index contributed by atoms with van der Waals surface area (Å²) in [5.41, 5.74) is 8.90. The molecule has 0 spiro atoms. The van der Waals surface area contributed by atoms with Crippen LogP contribution in [0.4, 0.5) is 10.1 Å². The van der Waals surface area contributed by atoms with E-state index in [0.717, 1.165) is 0 Å². The van der Waals surface area contributed by atoms with Gasteiger partial charge in [-0.1, -0.05) is 5.11 Å². The van der Waals surface area contributed by atoms with Crippen molar-refractivity contribution in [3.05, 3.63) is 38.9 Å². The first-order chi connectivity index (χ1) is 8.61. The first-order valence-corrected chi connectivity index (χ1v) is 6.17. The zero-order valence-electron chi connectivity index (χ0n) is 9.38. The van der Waals surface area contributed by atoms with Crippen molar-refractivity contribution in [2.75, 3.05) is 18.0 Å². The van der Waals surface area contributed by atoms with Gasteiger partial charge in [-0.15, -0.1) is 0 Å². The Labute approximate surface area is 111 Å². The first kappa shape index (κ1) is 12.9. The molecule has 1 aromatic rings. The topological polar surface area (TPSA) is 69.1 Å². The number of amides is 1. The van der Waals surface area contributed by atoms with E-state index in [2.05, 4.69) is 26.0 Å². The lowest BCUT2D eigenvalue weighted by Gasteiger charge is -2.16. The number of carbonyl (C=O) groups is 1. The Kier molecular flexibility index (Phi) is 3.84. The molecule has 2 rings (SSSR count). The van der Waals surface area contributed by atoms with Gasteiger partial charge in [0.05, 0.1) is 4.47 Å². The molecule has 18 heavy (non-hydrogen) atoms. The summed E-state index contributed by atoms with van der Waals surface area (Å²) < 4.78 is 13.4. The first-order valence-electron chi connectivity index (χ1n) is 5.38. The summed E-state index contributed by atoms with van der Waals surface area (Å²) >= 11 is 3.09. The second-order valence-electron chi connectivity index (χ2n) is 4.09. The van der Waals surface area contributed by atoms with Crippen LogP contribution in [0.2, 0.25) is 0 Å². The molecule has 94 valence electrons. The molecular formula is C11H10BrFN4O. The third-order valence-corrected chi connectivity index (χ3v) is 3.43. The van der Waals surface area contributed by atoms with Crippen LogP contribution in [0.1, 0.15) is 6.42 Å². The minimum absolute atomic E-state index is 0.0252. The van der Waals surface area contributed by atoms with E-state index in [1.54, 1.807) is 17.0 Å². The number of hydrogen-bond donors (Lipinski definition) is 0. The zero-order valence-corrected chi connectivity index (χ0v) is 11.0. The van der Waals surface area contributed by atoms with Crippen molar-refractivity contribution < 1.29 is 9.18 Å². The average Bonchev–Trinajstić information content (AvgIpc) is 2.71. The Bertz CT molecular complexity index is 530. The number of halogens is 2. The van der Waals surface area contributed by atoms with Gasteiger partial charge in [0, 0.05) is 30.1 Å². The number of rotatable bonds is 3. The van der Waals surface area contributed by atoms with E-state index in [-0.39, 0.29) is 17.6 Å². The third-order valence-electron chi connectivity index (χ3n) is 2.82. The Morgan fingerprint density at radius 3 is 3.06 bits per heavy atom. The highest BCUT2D eigenvalue weighted by molar-refractivity contribution is 9.10. The molecule has 7 heteroatoms. The average molecular weight is 313 g/mol. The molecule has 0 radical (unpaired) electrons. The molecule has 1 heterocycles. The van der Waals surface area contributed by atoms with Gasteiger partial charge in [-0.2, -0.15) is 0 Å². The largest absolute Gasteiger partial charge is 0.312 e. The smallest absolute Gasteiger partial charge is 0.227 e. The molecular weight excluding hydrogens is 303 g/mol. The van der Waals surface area contributed by atoms with Crippen molar-refractivity contribution in [1.29, 1.82) is 0 Å². The van der Waals surface area contributed by atoms with E-state index in [9.17, 15) is 9.18 Å². The van der Waals surface area contributed by atoms with Crippen LogP contribution in [0, 0.1) is 11.7 Å². The molecule has 1 unspecified atom stereocenters.